The molecule has 2 aliphatic rings. The molecular weight excluding hydrogens is 494 g/mol. The molecule has 0 saturated carbocycles. The van der Waals surface area contributed by atoms with Gasteiger partial charge >= 0.3 is 5.97 Å². The number of methoxy groups -OCH3 is 3. The van der Waals surface area contributed by atoms with Gasteiger partial charge in [0.15, 0.2) is 17.3 Å². The minimum absolute atomic E-state index is 0.0257. The van der Waals surface area contributed by atoms with E-state index in [1.54, 1.807) is 31.6 Å². The number of halogens is 1. The van der Waals surface area contributed by atoms with Crippen LogP contribution < -0.4 is 14.8 Å². The highest BCUT2D eigenvalue weighted by Crippen LogP contribution is 2.49. The maximum absolute atomic E-state index is 13.5. The molecule has 2 atom stereocenters. The summed E-state index contributed by atoms with van der Waals surface area (Å²) >= 11 is 5.29. The molecule has 0 bridgehead atoms. The normalized spacial score (nSPS) is 20.6. The Hall–Kier alpha value is -2.58. The average molecular weight is 518 g/mol. The Labute approximate surface area is 199 Å². The van der Waals surface area contributed by atoms with Crippen LogP contribution in [0.4, 0.5) is 0 Å². The van der Waals surface area contributed by atoms with Crippen LogP contribution >= 0.6 is 27.3 Å². The smallest absolute Gasteiger partial charge is 0.336 e. The fraction of sp³-hybridized carbons (Fsp3) is 0.333. The lowest BCUT2D eigenvalue weighted by Gasteiger charge is -2.36. The standard InChI is InChI=1S/C24H24BrNO5S/c1-12-21(24(28)31-4)22(14-10-18(29-2)19(30-3)11-15(14)25)23-16(26-12)8-13(9-17(23)27)20-6-5-7-32-20/h5-7,10-11,13,22,26H,8-9H2,1-4H3. The highest BCUT2D eigenvalue weighted by atomic mass is 79.9. The summed E-state index contributed by atoms with van der Waals surface area (Å²) in [5.74, 6) is 0.173. The number of dihydropyridines is 1. The molecule has 0 saturated heterocycles. The Balaban J connectivity index is 1.89. The molecule has 2 unspecified atom stereocenters. The van der Waals surface area contributed by atoms with Crippen LogP contribution in [-0.4, -0.2) is 33.1 Å². The summed E-state index contributed by atoms with van der Waals surface area (Å²) in [4.78, 5) is 27.6. The zero-order chi connectivity index (χ0) is 23.0. The number of hydrogen-bond donors (Lipinski definition) is 1. The molecule has 8 heteroatoms. The molecule has 1 aromatic carbocycles. The van der Waals surface area contributed by atoms with Crippen LogP contribution in [0.2, 0.25) is 0 Å². The number of ketones is 1. The van der Waals surface area contributed by atoms with Crippen LogP contribution in [0.1, 0.15) is 42.0 Å². The van der Waals surface area contributed by atoms with Crippen LogP contribution in [0.5, 0.6) is 11.5 Å². The number of benzene rings is 1. The molecule has 2 aromatic rings. The molecule has 1 aromatic heterocycles. The van der Waals surface area contributed by atoms with Gasteiger partial charge in [0.25, 0.3) is 0 Å². The SMILES string of the molecule is COC(=O)C1=C(C)NC2=C(C(=O)CC(c3cccs3)C2)C1c1cc(OC)c(OC)cc1Br. The second kappa shape index (κ2) is 9.11. The number of rotatable bonds is 5. The molecule has 0 spiro atoms. The second-order valence-electron chi connectivity index (χ2n) is 7.75. The van der Waals surface area contributed by atoms with E-state index in [0.717, 1.165) is 15.7 Å². The van der Waals surface area contributed by atoms with Gasteiger partial charge in [-0.15, -0.1) is 11.3 Å². The Bertz CT molecular complexity index is 1140. The van der Waals surface area contributed by atoms with Crippen molar-refractivity contribution in [3.63, 3.8) is 0 Å². The Kier molecular flexibility index (Phi) is 6.44. The van der Waals surface area contributed by atoms with Gasteiger partial charge in [-0.3, -0.25) is 4.79 Å². The Morgan fingerprint density at radius 3 is 2.50 bits per heavy atom. The predicted molar refractivity (Wildman–Crippen MR) is 126 cm³/mol. The van der Waals surface area contributed by atoms with Gasteiger partial charge in [-0.05, 0) is 42.5 Å². The topological polar surface area (TPSA) is 73.9 Å². The molecule has 32 heavy (non-hydrogen) atoms. The van der Waals surface area contributed by atoms with E-state index < -0.39 is 11.9 Å². The summed E-state index contributed by atoms with van der Waals surface area (Å²) in [5.41, 5.74) is 3.32. The molecule has 1 aliphatic carbocycles. The first-order chi connectivity index (χ1) is 15.4. The number of ether oxygens (including phenoxy) is 3. The van der Waals surface area contributed by atoms with Gasteiger partial charge in [0.1, 0.15) is 0 Å². The molecule has 168 valence electrons. The van der Waals surface area contributed by atoms with Crippen molar-refractivity contribution in [2.75, 3.05) is 21.3 Å². The summed E-state index contributed by atoms with van der Waals surface area (Å²) < 4.78 is 16.7. The minimum atomic E-state index is -0.579. The van der Waals surface area contributed by atoms with E-state index in [9.17, 15) is 9.59 Å². The summed E-state index contributed by atoms with van der Waals surface area (Å²) in [5, 5.41) is 5.38. The first-order valence-electron chi connectivity index (χ1n) is 10.2. The van der Waals surface area contributed by atoms with Gasteiger partial charge in [-0.2, -0.15) is 0 Å². The lowest BCUT2D eigenvalue weighted by atomic mass is 9.72. The third-order valence-electron chi connectivity index (χ3n) is 5.99. The van der Waals surface area contributed by atoms with Crippen molar-refractivity contribution in [3.8, 4) is 11.5 Å². The first-order valence-corrected chi connectivity index (χ1v) is 11.8. The Morgan fingerprint density at radius 1 is 1.16 bits per heavy atom. The molecule has 0 fully saturated rings. The fourth-order valence-corrected chi connectivity index (χ4v) is 5.93. The number of hydrogen-bond acceptors (Lipinski definition) is 7. The van der Waals surface area contributed by atoms with E-state index in [1.807, 2.05) is 24.4 Å². The van der Waals surface area contributed by atoms with E-state index in [2.05, 4.69) is 27.3 Å². The minimum Gasteiger partial charge on any atom is -0.493 e. The van der Waals surface area contributed by atoms with Crippen LogP contribution in [-0.2, 0) is 14.3 Å². The largest absolute Gasteiger partial charge is 0.493 e. The van der Waals surface area contributed by atoms with Crippen molar-refractivity contribution in [3.05, 3.63) is 67.1 Å². The van der Waals surface area contributed by atoms with Crippen LogP contribution in [0, 0.1) is 0 Å². The number of thiophene rings is 1. The monoisotopic (exact) mass is 517 g/mol. The lowest BCUT2D eigenvalue weighted by Crippen LogP contribution is -2.36. The van der Waals surface area contributed by atoms with Gasteiger partial charge in [0.05, 0.1) is 26.9 Å². The van der Waals surface area contributed by atoms with Crippen molar-refractivity contribution >= 4 is 39.0 Å². The van der Waals surface area contributed by atoms with E-state index in [0.29, 0.717) is 41.2 Å². The molecule has 1 aliphatic heterocycles. The zero-order valence-electron chi connectivity index (χ0n) is 18.3. The van der Waals surface area contributed by atoms with Gasteiger partial charge in [-0.1, -0.05) is 22.0 Å². The van der Waals surface area contributed by atoms with Crippen molar-refractivity contribution in [1.82, 2.24) is 5.32 Å². The lowest BCUT2D eigenvalue weighted by molar-refractivity contribution is -0.136. The summed E-state index contributed by atoms with van der Waals surface area (Å²) in [6.07, 6.45) is 1.10. The number of nitrogens with one attached hydrogen (secondary N) is 1. The van der Waals surface area contributed by atoms with Crippen molar-refractivity contribution in [1.29, 1.82) is 0 Å². The summed E-state index contributed by atoms with van der Waals surface area (Å²) in [6.45, 7) is 1.84. The quantitative estimate of drug-likeness (QED) is 0.558. The van der Waals surface area contributed by atoms with Gasteiger partial charge in [-0.25, -0.2) is 4.79 Å². The third kappa shape index (κ3) is 3.86. The van der Waals surface area contributed by atoms with E-state index >= 15 is 0 Å². The molecule has 1 N–H and O–H groups in total. The number of allylic oxidation sites excluding steroid dienone is 3. The summed E-state index contributed by atoms with van der Waals surface area (Å²) in [7, 11) is 4.47. The highest BCUT2D eigenvalue weighted by molar-refractivity contribution is 9.10. The van der Waals surface area contributed by atoms with Crippen molar-refractivity contribution < 1.29 is 23.8 Å². The molecule has 0 radical (unpaired) electrons. The second-order valence-corrected chi connectivity index (χ2v) is 9.59. The first kappa shape index (κ1) is 22.6. The van der Waals surface area contributed by atoms with Crippen molar-refractivity contribution in [2.45, 2.75) is 31.6 Å². The average Bonchev–Trinajstić information content (AvgIpc) is 3.32. The maximum Gasteiger partial charge on any atom is 0.336 e. The van der Waals surface area contributed by atoms with Gasteiger partial charge < -0.3 is 19.5 Å². The summed E-state index contributed by atoms with van der Waals surface area (Å²) in [6, 6.07) is 7.69. The molecule has 4 rings (SSSR count). The zero-order valence-corrected chi connectivity index (χ0v) is 20.7. The van der Waals surface area contributed by atoms with Crippen LogP contribution in [0.15, 0.2) is 56.7 Å². The van der Waals surface area contributed by atoms with E-state index in [-0.39, 0.29) is 11.7 Å². The molecule has 6 nitrogen and oxygen atoms in total. The fourth-order valence-electron chi connectivity index (χ4n) is 4.55. The number of carbonyl (C=O) groups excluding carboxylic acids is 2. The molecule has 0 amide bonds. The van der Waals surface area contributed by atoms with Gasteiger partial charge in [0.2, 0.25) is 0 Å². The van der Waals surface area contributed by atoms with Crippen molar-refractivity contribution in [2.24, 2.45) is 0 Å². The van der Waals surface area contributed by atoms with Crippen LogP contribution in [0.3, 0.4) is 0 Å². The maximum atomic E-state index is 13.5. The predicted octanol–water partition coefficient (Wildman–Crippen LogP) is 5.06. The number of esters is 1. The number of carbonyl (C=O) groups is 2. The molecule has 2 heterocycles. The van der Waals surface area contributed by atoms with E-state index in [4.69, 9.17) is 14.2 Å². The Morgan fingerprint density at radius 2 is 1.88 bits per heavy atom. The third-order valence-corrected chi connectivity index (χ3v) is 7.71. The highest BCUT2D eigenvalue weighted by Gasteiger charge is 2.42. The molecular formula is C24H24BrNO5S. The van der Waals surface area contributed by atoms with Gasteiger partial charge in [0, 0.05) is 44.6 Å². The van der Waals surface area contributed by atoms with E-state index in [1.165, 1.54) is 12.0 Å². The van der Waals surface area contributed by atoms with Crippen LogP contribution in [0.25, 0.3) is 0 Å². The number of Topliss-reactive ketones (excluding diaryl/α,β-unsaturated/α-hetero) is 1.